The standard InChI is InChI=1S/C67H94N2O26S2/c1-36-54(84-42(7)74)48(31-80-40(5)72)90-66(56(36)86-44(9)76)94-60-52(68-38(3)70)64(88-50-33-82-62(92-58(50)60)46-23-15-11-16-24-46)78-27-19-13-21-29-96-35-97-30-22-14-20-28-79-65-53(69-39(4)71)61(59-51(89-65)34-83-63(93-59)47-25-17-12-18-26-47)95-67-57(87-45(10)77)37(2)55(85-43(8)75)49(91-67)32-81-41(6)73/h11-12,15-18,23-26,36-37,48-67H,13-14,19-22,27-35H2,1-10H3,(H,68,70)(H,69,71). The van der Waals surface area contributed by atoms with Crippen molar-refractivity contribution in [3.8, 4) is 0 Å². The minimum atomic E-state index is -1.35. The third kappa shape index (κ3) is 22.7. The Morgan fingerprint density at radius 1 is 0.433 bits per heavy atom. The van der Waals surface area contributed by atoms with Crippen molar-refractivity contribution < 1.29 is 124 Å². The van der Waals surface area contributed by atoms with Crippen molar-refractivity contribution in [2.45, 2.75) is 231 Å². The van der Waals surface area contributed by atoms with Crippen molar-refractivity contribution in [3.63, 3.8) is 0 Å². The zero-order valence-electron chi connectivity index (χ0n) is 56.5. The Morgan fingerprint density at radius 3 is 1.15 bits per heavy atom. The van der Waals surface area contributed by atoms with Gasteiger partial charge in [0.15, 0.2) is 49.9 Å². The molecule has 0 aromatic heterocycles. The van der Waals surface area contributed by atoms with E-state index in [1.165, 1.54) is 55.4 Å². The third-order valence-electron chi connectivity index (χ3n) is 16.8. The van der Waals surface area contributed by atoms with Gasteiger partial charge in [0.2, 0.25) is 11.8 Å². The molecule has 0 aliphatic carbocycles. The van der Waals surface area contributed by atoms with Crippen LogP contribution in [0.4, 0.5) is 0 Å². The Labute approximate surface area is 573 Å². The molecule has 6 saturated heterocycles. The van der Waals surface area contributed by atoms with Crippen LogP contribution in [-0.2, 0) is 124 Å². The van der Waals surface area contributed by atoms with Crippen molar-refractivity contribution in [2.75, 3.05) is 56.2 Å². The number of nitrogens with one attached hydrogen (secondary N) is 2. The topological polar surface area (TPSA) is 327 Å². The summed E-state index contributed by atoms with van der Waals surface area (Å²) in [5.74, 6) is -4.22. The second-order valence-electron chi connectivity index (χ2n) is 24.6. The highest BCUT2D eigenvalue weighted by atomic mass is 32.2. The van der Waals surface area contributed by atoms with Crippen LogP contribution in [0, 0.1) is 11.8 Å². The lowest BCUT2D eigenvalue weighted by Crippen LogP contribution is -2.69. The molecule has 6 aliphatic heterocycles. The number of fused-ring (bicyclic) bond motifs is 2. The van der Waals surface area contributed by atoms with Crippen molar-refractivity contribution in [1.82, 2.24) is 10.6 Å². The summed E-state index contributed by atoms with van der Waals surface area (Å²) >= 11 is 3.68. The van der Waals surface area contributed by atoms with E-state index in [0.29, 0.717) is 12.8 Å². The maximum atomic E-state index is 13.1. The second kappa shape index (κ2) is 38.3. The molecule has 8 rings (SSSR count). The van der Waals surface area contributed by atoms with Gasteiger partial charge in [0.25, 0.3) is 0 Å². The SMILES string of the molecule is CC(=O)NC1C(OCCCCCSCSCCCCCOC2OC3COC(c4ccccc4)OC3C(OC3OC(COC(C)=O)C(OC(C)=O)C(C)C3OC(C)=O)C2NC(C)=O)OC2COC(c3ccccc3)OC2C1OC1OC(COC(C)=O)C(OC(C)=O)C(C)C1OC(C)=O. The van der Waals surface area contributed by atoms with Gasteiger partial charge in [-0.1, -0.05) is 87.4 Å². The number of unbranched alkanes of at least 4 members (excludes halogenated alkanes) is 4. The van der Waals surface area contributed by atoms with Crippen LogP contribution in [-0.4, -0.2) is 214 Å². The molecule has 0 radical (unpaired) electrons. The highest BCUT2D eigenvalue weighted by Crippen LogP contribution is 2.42. The largest absolute Gasteiger partial charge is 0.463 e. The van der Waals surface area contributed by atoms with E-state index in [2.05, 4.69) is 10.6 Å². The highest BCUT2D eigenvalue weighted by Gasteiger charge is 2.58. The first kappa shape index (κ1) is 77.2. The maximum absolute atomic E-state index is 13.1. The molecule has 2 aromatic rings. The molecule has 97 heavy (non-hydrogen) atoms. The molecular formula is C67H94N2O26S2. The van der Waals surface area contributed by atoms with Crippen molar-refractivity contribution >= 4 is 71.2 Å². The van der Waals surface area contributed by atoms with E-state index in [4.69, 9.17) is 85.3 Å². The summed E-state index contributed by atoms with van der Waals surface area (Å²) in [6, 6.07) is 16.6. The molecule has 0 spiro atoms. The molecule has 0 bridgehead atoms. The second-order valence-corrected chi connectivity index (χ2v) is 27.2. The zero-order chi connectivity index (χ0) is 69.7. The van der Waals surface area contributed by atoms with Crippen molar-refractivity contribution in [3.05, 3.63) is 71.8 Å². The van der Waals surface area contributed by atoms with Gasteiger partial charge in [0, 0.05) is 96.7 Å². The first-order valence-electron chi connectivity index (χ1n) is 33.0. The molecule has 540 valence electrons. The lowest BCUT2D eigenvalue weighted by molar-refractivity contribution is -0.376. The summed E-state index contributed by atoms with van der Waals surface area (Å²) in [4.78, 5) is 100. The Morgan fingerprint density at radius 2 is 0.804 bits per heavy atom. The number of ether oxygens (including phenoxy) is 18. The number of carbonyl (C=O) groups is 8. The summed E-state index contributed by atoms with van der Waals surface area (Å²) in [6.07, 6.45) is -13.5. The van der Waals surface area contributed by atoms with E-state index >= 15 is 0 Å². The van der Waals surface area contributed by atoms with Gasteiger partial charge in [-0.25, -0.2) is 0 Å². The molecule has 2 aromatic carbocycles. The van der Waals surface area contributed by atoms with Gasteiger partial charge in [-0.05, 0) is 37.2 Å². The molecule has 22 unspecified atom stereocenters. The van der Waals surface area contributed by atoms with Crippen LogP contribution in [0.1, 0.15) is 131 Å². The normalized spacial score (nSPS) is 33.1. The molecule has 0 saturated carbocycles. The van der Waals surface area contributed by atoms with E-state index in [-0.39, 0.29) is 39.6 Å². The smallest absolute Gasteiger partial charge is 0.303 e. The zero-order valence-corrected chi connectivity index (χ0v) is 58.1. The van der Waals surface area contributed by atoms with Crippen LogP contribution in [0.25, 0.3) is 0 Å². The molecule has 6 fully saturated rings. The number of benzene rings is 2. The van der Waals surface area contributed by atoms with Crippen LogP contribution in [0.15, 0.2) is 60.7 Å². The summed E-state index contributed by atoms with van der Waals surface area (Å²) < 4.78 is 112. The molecule has 28 nitrogen and oxygen atoms in total. The Balaban J connectivity index is 0.820. The molecule has 6 aliphatic rings. The number of thioether (sulfide) groups is 2. The predicted octanol–water partition coefficient (Wildman–Crippen LogP) is 5.82. The number of hydrogen-bond acceptors (Lipinski definition) is 28. The first-order valence-corrected chi connectivity index (χ1v) is 35.3. The number of esters is 6. The minimum Gasteiger partial charge on any atom is -0.463 e. The molecule has 22 atom stereocenters. The average molecular weight is 1410 g/mol. The predicted molar refractivity (Wildman–Crippen MR) is 343 cm³/mol. The fourth-order valence-electron chi connectivity index (χ4n) is 12.5. The van der Waals surface area contributed by atoms with Crippen molar-refractivity contribution in [2.24, 2.45) is 11.8 Å². The highest BCUT2D eigenvalue weighted by molar-refractivity contribution is 8.15. The van der Waals surface area contributed by atoms with Crippen LogP contribution < -0.4 is 10.6 Å². The fraction of sp³-hybridized carbons (Fsp3) is 0.701. The minimum absolute atomic E-state index is 0.0625. The quantitative estimate of drug-likeness (QED) is 0.0377. The van der Waals surface area contributed by atoms with E-state index in [9.17, 15) is 38.4 Å². The number of amides is 2. The lowest BCUT2D eigenvalue weighted by atomic mass is 9.89. The third-order valence-corrected chi connectivity index (χ3v) is 19.3. The van der Waals surface area contributed by atoms with Crippen molar-refractivity contribution in [1.29, 1.82) is 0 Å². The van der Waals surface area contributed by atoms with Crippen LogP contribution >= 0.6 is 23.5 Å². The van der Waals surface area contributed by atoms with Gasteiger partial charge in [0.1, 0.15) is 86.3 Å². The number of hydrogen-bond donors (Lipinski definition) is 2. The fourth-order valence-corrected chi connectivity index (χ4v) is 14.7. The summed E-state index contributed by atoms with van der Waals surface area (Å²) in [5.41, 5.74) is 1.46. The summed E-state index contributed by atoms with van der Waals surface area (Å²) in [6.45, 7) is 13.5. The summed E-state index contributed by atoms with van der Waals surface area (Å²) in [7, 11) is 0. The first-order chi connectivity index (χ1) is 46.5. The van der Waals surface area contributed by atoms with Gasteiger partial charge in [-0.15, -0.1) is 0 Å². The molecule has 30 heteroatoms. The van der Waals surface area contributed by atoms with Gasteiger partial charge in [-0.2, -0.15) is 23.5 Å². The van der Waals surface area contributed by atoms with Gasteiger partial charge >= 0.3 is 35.8 Å². The molecule has 2 amide bonds. The average Bonchev–Trinajstić information content (AvgIpc) is 0.768. The van der Waals surface area contributed by atoms with Gasteiger partial charge in [0.05, 0.1) is 13.2 Å². The molecule has 6 heterocycles. The van der Waals surface area contributed by atoms with Crippen LogP contribution in [0.3, 0.4) is 0 Å². The lowest BCUT2D eigenvalue weighted by Gasteiger charge is -2.51. The van der Waals surface area contributed by atoms with Crippen LogP contribution in [0.2, 0.25) is 0 Å². The summed E-state index contributed by atoms with van der Waals surface area (Å²) in [5, 5.41) is 6.82. The maximum Gasteiger partial charge on any atom is 0.303 e. The van der Waals surface area contributed by atoms with E-state index in [1.54, 1.807) is 13.8 Å². The number of carbonyl (C=O) groups excluding carboxylic acids is 8. The van der Waals surface area contributed by atoms with Crippen LogP contribution in [0.5, 0.6) is 0 Å². The van der Waals surface area contributed by atoms with E-state index < -0.39 is 183 Å². The Hall–Kier alpha value is -5.58. The molecular weight excluding hydrogens is 1310 g/mol. The Bertz CT molecular complexity index is 2680. The molecule has 2 N–H and O–H groups in total. The Kier molecular flexibility index (Phi) is 30.5. The van der Waals surface area contributed by atoms with Gasteiger partial charge < -0.3 is 95.9 Å². The van der Waals surface area contributed by atoms with E-state index in [0.717, 1.165) is 53.4 Å². The number of rotatable bonds is 32. The van der Waals surface area contributed by atoms with E-state index in [1.807, 2.05) is 84.2 Å². The van der Waals surface area contributed by atoms with Gasteiger partial charge in [-0.3, -0.25) is 38.4 Å². The monoisotopic (exact) mass is 1410 g/mol.